The maximum Gasteiger partial charge on any atom is 0.248 e. The summed E-state index contributed by atoms with van der Waals surface area (Å²) in [6.07, 6.45) is 3.14. The quantitative estimate of drug-likeness (QED) is 0.472. The summed E-state index contributed by atoms with van der Waals surface area (Å²) in [5, 5.41) is 10.7. The molecule has 4 N–H and O–H groups in total. The number of amides is 1. The van der Waals surface area contributed by atoms with Crippen LogP contribution in [0.4, 0.5) is 23.1 Å². The molecule has 1 fully saturated rings. The van der Waals surface area contributed by atoms with Crippen molar-refractivity contribution >= 4 is 40.6 Å². The number of hydrogen-bond acceptors (Lipinski definition) is 8. The number of anilines is 4. The first-order chi connectivity index (χ1) is 13.5. The fourth-order valence-electron chi connectivity index (χ4n) is 2.75. The zero-order valence-corrected chi connectivity index (χ0v) is 15.9. The predicted molar refractivity (Wildman–Crippen MR) is 107 cm³/mol. The van der Waals surface area contributed by atoms with Gasteiger partial charge in [-0.25, -0.2) is 9.99 Å². The lowest BCUT2D eigenvalue weighted by Crippen LogP contribution is -2.29. The van der Waals surface area contributed by atoms with Crippen LogP contribution in [-0.4, -0.2) is 42.2 Å². The van der Waals surface area contributed by atoms with Gasteiger partial charge in [0.1, 0.15) is 5.69 Å². The van der Waals surface area contributed by atoms with Crippen LogP contribution < -0.4 is 21.4 Å². The van der Waals surface area contributed by atoms with E-state index in [1.165, 1.54) is 19.3 Å². The van der Waals surface area contributed by atoms with E-state index >= 15 is 0 Å². The number of nitroso groups, excluding NO2 is 1. The van der Waals surface area contributed by atoms with E-state index in [1.54, 1.807) is 12.1 Å². The Labute approximate surface area is 166 Å². The first-order valence-corrected chi connectivity index (χ1v) is 9.00. The Morgan fingerprint density at radius 3 is 2.79 bits per heavy atom. The van der Waals surface area contributed by atoms with Crippen LogP contribution in [0.3, 0.4) is 0 Å². The molecule has 3 rings (SSSR count). The Morgan fingerprint density at radius 1 is 1.39 bits per heavy atom. The number of nitrogens with one attached hydrogen (secondary N) is 2. The molecule has 0 radical (unpaired) electrons. The van der Waals surface area contributed by atoms with Gasteiger partial charge in [0.15, 0.2) is 5.82 Å². The number of halogens is 1. The fraction of sp³-hybridized carbons (Fsp3) is 0.353. The van der Waals surface area contributed by atoms with Gasteiger partial charge >= 0.3 is 0 Å². The molecular formula is C17H20ClN7O3. The van der Waals surface area contributed by atoms with E-state index in [0.717, 1.165) is 17.9 Å². The summed E-state index contributed by atoms with van der Waals surface area (Å²) in [6.45, 7) is 1.32. The lowest BCUT2D eigenvalue weighted by atomic mass is 10.1. The highest BCUT2D eigenvalue weighted by atomic mass is 35.5. The number of nitrogens with two attached hydrogens (primary N) is 1. The van der Waals surface area contributed by atoms with Gasteiger partial charge in [0.25, 0.3) is 0 Å². The van der Waals surface area contributed by atoms with Gasteiger partial charge in [-0.1, -0.05) is 11.6 Å². The maximum atomic E-state index is 11.2. The largest absolute Gasteiger partial charge is 0.381 e. The molecule has 1 aromatic heterocycles. The number of rotatable bonds is 7. The molecule has 1 aliphatic heterocycles. The van der Waals surface area contributed by atoms with Gasteiger partial charge in [-0.3, -0.25) is 4.79 Å². The molecule has 1 amide bonds. The minimum absolute atomic E-state index is 0.161. The van der Waals surface area contributed by atoms with Gasteiger partial charge in [-0.2, -0.15) is 4.98 Å². The minimum Gasteiger partial charge on any atom is -0.381 e. The van der Waals surface area contributed by atoms with Crippen LogP contribution in [0, 0.1) is 4.91 Å². The van der Waals surface area contributed by atoms with E-state index in [9.17, 15) is 9.70 Å². The summed E-state index contributed by atoms with van der Waals surface area (Å²) in [5.74, 6) is 0.170. The first kappa shape index (κ1) is 19.8. The normalized spacial score (nSPS) is 14.4. The van der Waals surface area contributed by atoms with Crippen molar-refractivity contribution in [3.8, 4) is 0 Å². The molecule has 0 bridgehead atoms. The fourth-order valence-corrected chi connectivity index (χ4v) is 2.98. The Hall–Kier alpha value is -2.98. The number of hydrogen-bond donors (Lipinski definition) is 3. The van der Waals surface area contributed by atoms with Gasteiger partial charge in [0.2, 0.25) is 11.9 Å². The first-order valence-electron chi connectivity index (χ1n) is 8.62. The Morgan fingerprint density at radius 2 is 2.14 bits per heavy atom. The van der Waals surface area contributed by atoms with E-state index < -0.39 is 5.91 Å². The molecule has 148 valence electrons. The van der Waals surface area contributed by atoms with Crippen LogP contribution >= 0.6 is 11.6 Å². The molecule has 1 aliphatic rings. The summed E-state index contributed by atoms with van der Waals surface area (Å²) in [6, 6.07) is 4.79. The SMILES string of the molecule is CN(N=O)c1cnc(Nc2ccc(C(N)=O)cc2Cl)nc1NC1CCOCC1. The highest BCUT2D eigenvalue weighted by Crippen LogP contribution is 2.29. The van der Waals surface area contributed by atoms with Crippen LogP contribution in [-0.2, 0) is 4.74 Å². The van der Waals surface area contributed by atoms with Crippen molar-refractivity contribution in [1.82, 2.24) is 9.97 Å². The lowest BCUT2D eigenvalue weighted by Gasteiger charge is -2.25. The lowest BCUT2D eigenvalue weighted by molar-refractivity contribution is 0.0904. The molecule has 0 atom stereocenters. The maximum absolute atomic E-state index is 11.2. The Kier molecular flexibility index (Phi) is 6.22. The zero-order valence-electron chi connectivity index (χ0n) is 15.2. The van der Waals surface area contributed by atoms with Crippen LogP contribution in [0.5, 0.6) is 0 Å². The number of carbonyl (C=O) groups is 1. The van der Waals surface area contributed by atoms with E-state index in [4.69, 9.17) is 22.1 Å². The van der Waals surface area contributed by atoms with Crippen molar-refractivity contribution in [2.75, 3.05) is 35.9 Å². The molecule has 11 heteroatoms. The highest BCUT2D eigenvalue weighted by Gasteiger charge is 2.19. The van der Waals surface area contributed by atoms with E-state index in [1.807, 2.05) is 0 Å². The number of primary amides is 1. The average molecular weight is 406 g/mol. The van der Waals surface area contributed by atoms with Crippen LogP contribution in [0.15, 0.2) is 29.7 Å². The molecule has 0 unspecified atom stereocenters. The summed E-state index contributed by atoms with van der Waals surface area (Å²) < 4.78 is 5.37. The summed E-state index contributed by atoms with van der Waals surface area (Å²) in [5.41, 5.74) is 6.51. The third kappa shape index (κ3) is 4.65. The number of benzene rings is 1. The number of nitrogens with zero attached hydrogens (tertiary/aromatic N) is 4. The number of ether oxygens (including phenoxy) is 1. The van der Waals surface area contributed by atoms with Crippen molar-refractivity contribution in [2.24, 2.45) is 11.0 Å². The third-order valence-corrected chi connectivity index (χ3v) is 4.62. The highest BCUT2D eigenvalue weighted by molar-refractivity contribution is 6.33. The minimum atomic E-state index is -0.568. The third-order valence-electron chi connectivity index (χ3n) is 4.30. The van der Waals surface area contributed by atoms with Crippen LogP contribution in [0.2, 0.25) is 5.02 Å². The smallest absolute Gasteiger partial charge is 0.248 e. The molecule has 2 heterocycles. The summed E-state index contributed by atoms with van der Waals surface area (Å²) >= 11 is 6.20. The van der Waals surface area contributed by atoms with Gasteiger partial charge in [-0.15, -0.1) is 4.91 Å². The second kappa shape index (κ2) is 8.81. The van der Waals surface area contributed by atoms with Gasteiger partial charge in [0, 0.05) is 31.9 Å². The molecule has 2 aromatic rings. The van der Waals surface area contributed by atoms with Crippen LogP contribution in [0.25, 0.3) is 0 Å². The van der Waals surface area contributed by atoms with Crippen molar-refractivity contribution in [3.63, 3.8) is 0 Å². The second-order valence-corrected chi connectivity index (χ2v) is 6.65. The van der Waals surface area contributed by atoms with Gasteiger partial charge < -0.3 is 21.1 Å². The number of aromatic nitrogens is 2. The monoisotopic (exact) mass is 405 g/mol. The Bertz CT molecular complexity index is 874. The molecule has 1 aromatic carbocycles. The molecule has 0 saturated carbocycles. The van der Waals surface area contributed by atoms with Gasteiger partial charge in [-0.05, 0) is 31.0 Å². The van der Waals surface area contributed by atoms with E-state index in [2.05, 4.69) is 25.9 Å². The van der Waals surface area contributed by atoms with E-state index in [-0.39, 0.29) is 12.0 Å². The molecule has 0 aliphatic carbocycles. The molecule has 10 nitrogen and oxygen atoms in total. The average Bonchev–Trinajstić information content (AvgIpc) is 2.70. The van der Waals surface area contributed by atoms with E-state index in [0.29, 0.717) is 41.0 Å². The molecule has 28 heavy (non-hydrogen) atoms. The van der Waals surface area contributed by atoms with Crippen molar-refractivity contribution in [3.05, 3.63) is 39.9 Å². The van der Waals surface area contributed by atoms with Crippen LogP contribution in [0.1, 0.15) is 23.2 Å². The standard InChI is InChI=1S/C17H20ClN7O3/c1-25(24-27)14-9-20-17(23-16(14)21-11-4-6-28-7-5-11)22-13-3-2-10(15(19)26)8-12(13)18/h2-3,8-9,11H,4-7H2,1H3,(H2,19,26)(H2,20,21,22,23). The molecular weight excluding hydrogens is 386 g/mol. The predicted octanol–water partition coefficient (Wildman–Crippen LogP) is 2.68. The topological polar surface area (TPSA) is 135 Å². The zero-order chi connectivity index (χ0) is 20.1. The Balaban J connectivity index is 1.86. The summed E-state index contributed by atoms with van der Waals surface area (Å²) in [4.78, 5) is 30.9. The summed E-state index contributed by atoms with van der Waals surface area (Å²) in [7, 11) is 1.52. The second-order valence-electron chi connectivity index (χ2n) is 6.25. The van der Waals surface area contributed by atoms with Gasteiger partial charge in [0.05, 0.1) is 22.2 Å². The van der Waals surface area contributed by atoms with Crippen molar-refractivity contribution < 1.29 is 9.53 Å². The van der Waals surface area contributed by atoms with Crippen molar-refractivity contribution in [2.45, 2.75) is 18.9 Å². The number of carbonyl (C=O) groups excluding carboxylic acids is 1. The molecule has 0 spiro atoms. The van der Waals surface area contributed by atoms with Crippen molar-refractivity contribution in [1.29, 1.82) is 0 Å². The molecule has 1 saturated heterocycles.